The molecule has 0 spiro atoms. The number of sulfonamides is 1. The third kappa shape index (κ3) is 7.90. The first-order chi connectivity index (χ1) is 19.1. The van der Waals surface area contributed by atoms with Gasteiger partial charge in [-0.1, -0.05) is 60.8 Å². The molecule has 0 bridgehead atoms. The number of ether oxygens (including phenoxy) is 1. The highest BCUT2D eigenvalue weighted by atomic mass is 35.5. The van der Waals surface area contributed by atoms with Crippen molar-refractivity contribution in [1.29, 1.82) is 0 Å². The number of hydrogen-bond acceptors (Lipinski definition) is 5. The van der Waals surface area contributed by atoms with Gasteiger partial charge >= 0.3 is 0 Å². The van der Waals surface area contributed by atoms with E-state index in [4.69, 9.17) is 27.9 Å². The van der Waals surface area contributed by atoms with E-state index in [1.54, 1.807) is 49.4 Å². The fourth-order valence-corrected chi connectivity index (χ4v) is 5.75. The molecule has 1 N–H and O–H groups in total. The van der Waals surface area contributed by atoms with Gasteiger partial charge in [-0.3, -0.25) is 13.9 Å². The number of rotatable bonds is 13. The largest absolute Gasteiger partial charge is 0.497 e. The van der Waals surface area contributed by atoms with Crippen LogP contribution in [-0.4, -0.2) is 51.4 Å². The zero-order valence-corrected chi connectivity index (χ0v) is 25.0. The van der Waals surface area contributed by atoms with Crippen LogP contribution in [0.1, 0.15) is 32.3 Å². The number of nitrogens with zero attached hydrogens (tertiary/aromatic N) is 2. The number of carbonyl (C=O) groups excluding carboxylic acids is 2. The van der Waals surface area contributed by atoms with Crippen LogP contribution < -0.4 is 14.4 Å². The lowest BCUT2D eigenvalue weighted by molar-refractivity contribution is -0.139. The Balaban J connectivity index is 2.01. The zero-order valence-electron chi connectivity index (χ0n) is 22.6. The molecule has 2 amide bonds. The van der Waals surface area contributed by atoms with Gasteiger partial charge in [0.15, 0.2) is 0 Å². The van der Waals surface area contributed by atoms with E-state index < -0.39 is 28.5 Å². The lowest BCUT2D eigenvalue weighted by atomic mass is 10.1. The summed E-state index contributed by atoms with van der Waals surface area (Å²) in [4.78, 5) is 28.2. The number of carbonyl (C=O) groups is 2. The van der Waals surface area contributed by atoms with Crippen LogP contribution in [0.25, 0.3) is 0 Å². The van der Waals surface area contributed by atoms with Crippen molar-refractivity contribution in [2.75, 3.05) is 24.5 Å². The first-order valence-electron chi connectivity index (χ1n) is 12.8. The number of anilines is 1. The third-order valence-corrected chi connectivity index (χ3v) is 8.71. The summed E-state index contributed by atoms with van der Waals surface area (Å²) in [6.07, 6.45) is 1.69. The van der Waals surface area contributed by atoms with Crippen LogP contribution in [0.4, 0.5) is 5.69 Å². The molecule has 0 unspecified atom stereocenters. The molecule has 0 saturated carbocycles. The van der Waals surface area contributed by atoms with E-state index >= 15 is 0 Å². The highest BCUT2D eigenvalue weighted by Crippen LogP contribution is 2.28. The molecule has 3 aromatic carbocycles. The Labute approximate surface area is 245 Å². The summed E-state index contributed by atoms with van der Waals surface area (Å²) in [5.41, 5.74) is 0.826. The number of nitrogens with one attached hydrogen (secondary N) is 1. The minimum atomic E-state index is -4.22. The van der Waals surface area contributed by atoms with Crippen LogP contribution in [0.3, 0.4) is 0 Å². The summed E-state index contributed by atoms with van der Waals surface area (Å²) in [6.45, 7) is 3.51. The van der Waals surface area contributed by atoms with Crippen LogP contribution in [0, 0.1) is 0 Å². The number of amides is 2. The molecule has 40 heavy (non-hydrogen) atoms. The Morgan fingerprint density at radius 2 is 1.70 bits per heavy atom. The van der Waals surface area contributed by atoms with Crippen molar-refractivity contribution in [3.05, 3.63) is 88.4 Å². The molecule has 3 rings (SSSR count). The van der Waals surface area contributed by atoms with E-state index in [1.807, 2.05) is 6.92 Å². The van der Waals surface area contributed by atoms with Crippen LogP contribution in [0.5, 0.6) is 5.75 Å². The smallest absolute Gasteiger partial charge is 0.264 e. The first kappa shape index (κ1) is 31.3. The molecule has 0 saturated heterocycles. The summed E-state index contributed by atoms with van der Waals surface area (Å²) < 4.78 is 33.9. The normalized spacial score (nSPS) is 11.9. The summed E-state index contributed by atoms with van der Waals surface area (Å²) in [6, 6.07) is 18.2. The van der Waals surface area contributed by atoms with E-state index in [1.165, 1.54) is 42.3 Å². The average Bonchev–Trinajstić information content (AvgIpc) is 2.95. The van der Waals surface area contributed by atoms with Crippen molar-refractivity contribution in [1.82, 2.24) is 10.2 Å². The Hall–Kier alpha value is -3.27. The lowest BCUT2D eigenvalue weighted by Gasteiger charge is -2.32. The van der Waals surface area contributed by atoms with Gasteiger partial charge in [-0.05, 0) is 67.4 Å². The van der Waals surface area contributed by atoms with Gasteiger partial charge in [-0.25, -0.2) is 8.42 Å². The average molecular weight is 607 g/mol. The predicted octanol–water partition coefficient (Wildman–Crippen LogP) is 5.53. The number of unbranched alkanes of at least 4 members (excludes halogenated alkanes) is 1. The van der Waals surface area contributed by atoms with Crippen LogP contribution >= 0.6 is 23.2 Å². The fraction of sp³-hybridized carbons (Fsp3) is 0.310. The van der Waals surface area contributed by atoms with Crippen molar-refractivity contribution in [3.8, 4) is 5.75 Å². The number of methoxy groups -OCH3 is 1. The quantitative estimate of drug-likeness (QED) is 0.258. The number of benzene rings is 3. The number of halogens is 2. The molecule has 0 radical (unpaired) electrons. The first-order valence-corrected chi connectivity index (χ1v) is 15.0. The molecule has 0 heterocycles. The maximum Gasteiger partial charge on any atom is 0.264 e. The van der Waals surface area contributed by atoms with Crippen molar-refractivity contribution in [3.63, 3.8) is 0 Å². The monoisotopic (exact) mass is 605 g/mol. The van der Waals surface area contributed by atoms with Gasteiger partial charge in [0.1, 0.15) is 18.3 Å². The standard InChI is InChI=1S/C29H33Cl2N3O5S/c1-4-5-17-32-29(36)21(2)33(19-22-9-6-7-12-27(22)31)28(35)20-34(24-11-8-10-23(30)18-24)40(37,38)26-15-13-25(39-3)14-16-26/h6-16,18,21H,4-5,17,19-20H2,1-3H3,(H,32,36)/t21-/m0/s1. The molecule has 0 aliphatic heterocycles. The molecule has 0 aromatic heterocycles. The van der Waals surface area contributed by atoms with E-state index in [0.29, 0.717) is 27.9 Å². The highest BCUT2D eigenvalue weighted by Gasteiger charge is 2.33. The molecule has 3 aromatic rings. The second-order valence-electron chi connectivity index (χ2n) is 9.10. The SMILES string of the molecule is CCCCNC(=O)[C@H](C)N(Cc1ccccc1Cl)C(=O)CN(c1cccc(Cl)c1)S(=O)(=O)c1ccc(OC)cc1. The zero-order chi connectivity index (χ0) is 29.3. The molecule has 0 aliphatic rings. The van der Waals surface area contributed by atoms with Crippen molar-refractivity contribution in [2.24, 2.45) is 0 Å². The Bertz CT molecular complexity index is 1420. The Morgan fingerprint density at radius 3 is 2.33 bits per heavy atom. The van der Waals surface area contributed by atoms with Gasteiger partial charge < -0.3 is 15.0 Å². The van der Waals surface area contributed by atoms with Gasteiger partial charge in [-0.2, -0.15) is 0 Å². The molecular weight excluding hydrogens is 573 g/mol. The molecule has 11 heteroatoms. The van der Waals surface area contributed by atoms with E-state index in [2.05, 4.69) is 5.32 Å². The molecular formula is C29H33Cl2N3O5S. The predicted molar refractivity (Wildman–Crippen MR) is 158 cm³/mol. The summed E-state index contributed by atoms with van der Waals surface area (Å²) in [7, 11) is -2.74. The van der Waals surface area contributed by atoms with Gasteiger partial charge in [0.2, 0.25) is 11.8 Å². The molecule has 0 aliphatic carbocycles. The van der Waals surface area contributed by atoms with Gasteiger partial charge in [0.25, 0.3) is 10.0 Å². The second kappa shape index (κ2) is 14.4. The van der Waals surface area contributed by atoms with Crippen molar-refractivity contribution < 1.29 is 22.7 Å². The van der Waals surface area contributed by atoms with E-state index in [0.717, 1.165) is 17.1 Å². The molecule has 8 nitrogen and oxygen atoms in total. The maximum absolute atomic E-state index is 13.9. The summed E-state index contributed by atoms with van der Waals surface area (Å²) in [5, 5.41) is 3.58. The fourth-order valence-electron chi connectivity index (χ4n) is 3.96. The molecule has 1 atom stereocenters. The van der Waals surface area contributed by atoms with Gasteiger partial charge in [0, 0.05) is 23.1 Å². The second-order valence-corrected chi connectivity index (χ2v) is 11.8. The van der Waals surface area contributed by atoms with Crippen molar-refractivity contribution in [2.45, 2.75) is 44.2 Å². The van der Waals surface area contributed by atoms with Crippen LogP contribution in [-0.2, 0) is 26.2 Å². The molecule has 0 fully saturated rings. The van der Waals surface area contributed by atoms with E-state index in [-0.39, 0.29) is 23.0 Å². The highest BCUT2D eigenvalue weighted by molar-refractivity contribution is 7.92. The Kier molecular flexibility index (Phi) is 11.2. The Morgan fingerprint density at radius 1 is 1.00 bits per heavy atom. The van der Waals surface area contributed by atoms with Crippen LogP contribution in [0.15, 0.2) is 77.7 Å². The lowest BCUT2D eigenvalue weighted by Crippen LogP contribution is -2.51. The summed E-state index contributed by atoms with van der Waals surface area (Å²) in [5.74, 6) is -0.450. The molecule has 214 valence electrons. The van der Waals surface area contributed by atoms with Gasteiger partial charge in [0.05, 0.1) is 17.7 Å². The van der Waals surface area contributed by atoms with Crippen LogP contribution in [0.2, 0.25) is 10.0 Å². The summed E-state index contributed by atoms with van der Waals surface area (Å²) >= 11 is 12.6. The maximum atomic E-state index is 13.9. The van der Waals surface area contributed by atoms with Gasteiger partial charge in [-0.15, -0.1) is 0 Å². The minimum absolute atomic E-state index is 0.00679. The van der Waals surface area contributed by atoms with E-state index in [9.17, 15) is 18.0 Å². The number of hydrogen-bond donors (Lipinski definition) is 1. The topological polar surface area (TPSA) is 96.0 Å². The van der Waals surface area contributed by atoms with Crippen molar-refractivity contribution >= 4 is 50.7 Å². The third-order valence-electron chi connectivity index (χ3n) is 6.32. The minimum Gasteiger partial charge on any atom is -0.497 e.